The number of thiophene rings is 1. The predicted octanol–water partition coefficient (Wildman–Crippen LogP) is 4.43. The fourth-order valence-electron chi connectivity index (χ4n) is 2.16. The minimum Gasteiger partial charge on any atom is -0.339 e. The zero-order chi connectivity index (χ0) is 15.4. The van der Waals surface area contributed by atoms with Crippen molar-refractivity contribution < 1.29 is 4.79 Å². The van der Waals surface area contributed by atoms with E-state index < -0.39 is 0 Å². The third kappa shape index (κ3) is 3.43. The summed E-state index contributed by atoms with van der Waals surface area (Å²) in [7, 11) is 0. The molecule has 0 saturated carbocycles. The van der Waals surface area contributed by atoms with E-state index in [1.807, 2.05) is 60.7 Å². The molecule has 3 aromatic rings. The van der Waals surface area contributed by atoms with Crippen molar-refractivity contribution in [1.29, 1.82) is 0 Å². The number of amides is 1. The Morgan fingerprint density at radius 2 is 1.82 bits per heavy atom. The SMILES string of the molecule is O=C(NC(c1ccccc1)c1ccccn1)c1ccc(Br)s1. The molecule has 1 N–H and O–H groups in total. The van der Waals surface area contributed by atoms with E-state index in [1.54, 1.807) is 6.20 Å². The maximum absolute atomic E-state index is 12.5. The molecule has 1 aromatic carbocycles. The number of nitrogens with one attached hydrogen (secondary N) is 1. The summed E-state index contributed by atoms with van der Waals surface area (Å²) in [4.78, 5) is 17.5. The molecule has 3 nitrogen and oxygen atoms in total. The molecule has 22 heavy (non-hydrogen) atoms. The van der Waals surface area contributed by atoms with Crippen molar-refractivity contribution in [1.82, 2.24) is 10.3 Å². The molecule has 2 aromatic heterocycles. The lowest BCUT2D eigenvalue weighted by atomic mass is 10.0. The summed E-state index contributed by atoms with van der Waals surface area (Å²) in [6.07, 6.45) is 1.74. The topological polar surface area (TPSA) is 42.0 Å². The molecule has 0 aliphatic carbocycles. The van der Waals surface area contributed by atoms with E-state index in [1.165, 1.54) is 11.3 Å². The number of carbonyl (C=O) groups is 1. The van der Waals surface area contributed by atoms with Crippen LogP contribution in [0.1, 0.15) is 27.0 Å². The van der Waals surface area contributed by atoms with Crippen LogP contribution in [0, 0.1) is 0 Å². The number of nitrogens with zero attached hydrogens (tertiary/aromatic N) is 1. The van der Waals surface area contributed by atoms with Gasteiger partial charge in [0.1, 0.15) is 0 Å². The predicted molar refractivity (Wildman–Crippen MR) is 92.0 cm³/mol. The minimum absolute atomic E-state index is 0.102. The van der Waals surface area contributed by atoms with Gasteiger partial charge in [0.15, 0.2) is 0 Å². The van der Waals surface area contributed by atoms with Crippen molar-refractivity contribution in [2.24, 2.45) is 0 Å². The second-order valence-electron chi connectivity index (χ2n) is 4.68. The highest BCUT2D eigenvalue weighted by molar-refractivity contribution is 9.11. The molecule has 3 rings (SSSR count). The van der Waals surface area contributed by atoms with Crippen molar-refractivity contribution in [3.8, 4) is 0 Å². The average Bonchev–Trinajstić information content (AvgIpc) is 3.01. The highest BCUT2D eigenvalue weighted by Crippen LogP contribution is 2.24. The number of carbonyl (C=O) groups excluding carboxylic acids is 1. The van der Waals surface area contributed by atoms with Gasteiger partial charge in [0.25, 0.3) is 5.91 Å². The van der Waals surface area contributed by atoms with Gasteiger partial charge in [-0.05, 0) is 45.8 Å². The second kappa shape index (κ2) is 6.85. The molecule has 0 aliphatic rings. The largest absolute Gasteiger partial charge is 0.339 e. The highest BCUT2D eigenvalue weighted by atomic mass is 79.9. The molecule has 0 saturated heterocycles. The third-order valence-corrected chi connectivity index (χ3v) is 4.81. The quantitative estimate of drug-likeness (QED) is 0.736. The van der Waals surface area contributed by atoms with Crippen LogP contribution in [0.2, 0.25) is 0 Å². The van der Waals surface area contributed by atoms with E-state index in [-0.39, 0.29) is 11.9 Å². The summed E-state index contributed by atoms with van der Waals surface area (Å²) in [6.45, 7) is 0. The van der Waals surface area contributed by atoms with Gasteiger partial charge in [0.2, 0.25) is 0 Å². The summed E-state index contributed by atoms with van der Waals surface area (Å²) >= 11 is 4.80. The molecular weight excluding hydrogens is 360 g/mol. The first-order valence-corrected chi connectivity index (χ1v) is 8.37. The lowest BCUT2D eigenvalue weighted by Gasteiger charge is -2.18. The molecule has 1 atom stereocenters. The Morgan fingerprint density at radius 1 is 1.05 bits per heavy atom. The highest BCUT2D eigenvalue weighted by Gasteiger charge is 2.19. The van der Waals surface area contributed by atoms with Gasteiger partial charge in [-0.25, -0.2) is 0 Å². The number of hydrogen-bond donors (Lipinski definition) is 1. The van der Waals surface area contributed by atoms with E-state index in [9.17, 15) is 4.79 Å². The number of rotatable bonds is 4. The summed E-state index contributed by atoms with van der Waals surface area (Å²) in [5.74, 6) is -0.102. The Kier molecular flexibility index (Phi) is 4.65. The van der Waals surface area contributed by atoms with Gasteiger partial charge < -0.3 is 5.32 Å². The van der Waals surface area contributed by atoms with Gasteiger partial charge >= 0.3 is 0 Å². The summed E-state index contributed by atoms with van der Waals surface area (Å²) in [5, 5.41) is 3.07. The van der Waals surface area contributed by atoms with E-state index in [4.69, 9.17) is 0 Å². The van der Waals surface area contributed by atoms with Crippen LogP contribution in [0.15, 0.2) is 70.6 Å². The lowest BCUT2D eigenvalue weighted by Crippen LogP contribution is -2.29. The van der Waals surface area contributed by atoms with Crippen molar-refractivity contribution >= 4 is 33.2 Å². The first-order chi connectivity index (χ1) is 10.7. The molecule has 0 fully saturated rings. The zero-order valence-electron chi connectivity index (χ0n) is 11.6. The Hall–Kier alpha value is -1.98. The van der Waals surface area contributed by atoms with Gasteiger partial charge in [-0.1, -0.05) is 36.4 Å². The van der Waals surface area contributed by atoms with Crippen molar-refractivity contribution in [2.45, 2.75) is 6.04 Å². The number of hydrogen-bond acceptors (Lipinski definition) is 3. The maximum atomic E-state index is 12.5. The molecule has 0 radical (unpaired) electrons. The fraction of sp³-hybridized carbons (Fsp3) is 0.0588. The van der Waals surface area contributed by atoms with Crippen molar-refractivity contribution in [3.05, 3.63) is 86.8 Å². The van der Waals surface area contributed by atoms with Crippen molar-refractivity contribution in [2.75, 3.05) is 0 Å². The molecule has 1 unspecified atom stereocenters. The van der Waals surface area contributed by atoms with Crippen LogP contribution in [0.3, 0.4) is 0 Å². The average molecular weight is 373 g/mol. The molecule has 1 amide bonds. The monoisotopic (exact) mass is 372 g/mol. The normalized spacial score (nSPS) is 11.9. The molecule has 110 valence electrons. The third-order valence-electron chi connectivity index (χ3n) is 3.19. The Balaban J connectivity index is 1.91. The Bertz CT molecular complexity index is 719. The van der Waals surface area contributed by atoms with Gasteiger partial charge in [0.05, 0.1) is 20.4 Å². The number of halogens is 1. The van der Waals surface area contributed by atoms with Crippen LogP contribution in [0.5, 0.6) is 0 Å². The van der Waals surface area contributed by atoms with Crippen LogP contribution >= 0.6 is 27.3 Å². The standard InChI is InChI=1S/C17H13BrN2OS/c18-15-10-9-14(22-15)17(21)20-16(12-6-2-1-3-7-12)13-8-4-5-11-19-13/h1-11,16H,(H,20,21). The van der Waals surface area contributed by atoms with Crippen LogP contribution in [0.25, 0.3) is 0 Å². The van der Waals surface area contributed by atoms with Gasteiger partial charge in [-0.15, -0.1) is 11.3 Å². The van der Waals surface area contributed by atoms with Crippen LogP contribution in [0.4, 0.5) is 0 Å². The molecule has 2 heterocycles. The lowest BCUT2D eigenvalue weighted by molar-refractivity contribution is 0.0946. The van der Waals surface area contributed by atoms with Crippen LogP contribution in [-0.4, -0.2) is 10.9 Å². The summed E-state index contributed by atoms with van der Waals surface area (Å²) in [6, 6.07) is 19.0. The van der Waals surface area contributed by atoms with Gasteiger partial charge in [0, 0.05) is 6.20 Å². The number of aromatic nitrogens is 1. The number of pyridine rings is 1. The Labute approximate surface area is 141 Å². The Morgan fingerprint density at radius 3 is 2.45 bits per heavy atom. The van der Waals surface area contributed by atoms with Crippen LogP contribution < -0.4 is 5.32 Å². The second-order valence-corrected chi connectivity index (χ2v) is 7.14. The van der Waals surface area contributed by atoms with E-state index in [0.29, 0.717) is 4.88 Å². The summed E-state index contributed by atoms with van der Waals surface area (Å²) < 4.78 is 0.937. The molecule has 0 bridgehead atoms. The zero-order valence-corrected chi connectivity index (χ0v) is 14.0. The fourth-order valence-corrected chi connectivity index (χ4v) is 3.45. The van der Waals surface area contributed by atoms with E-state index in [0.717, 1.165) is 15.0 Å². The summed E-state index contributed by atoms with van der Waals surface area (Å²) in [5.41, 5.74) is 1.82. The van der Waals surface area contributed by atoms with Crippen molar-refractivity contribution in [3.63, 3.8) is 0 Å². The molecule has 0 spiro atoms. The smallest absolute Gasteiger partial charge is 0.262 e. The first kappa shape index (κ1) is 14.9. The first-order valence-electron chi connectivity index (χ1n) is 6.76. The van der Waals surface area contributed by atoms with E-state index >= 15 is 0 Å². The number of benzene rings is 1. The molecule has 5 heteroatoms. The van der Waals surface area contributed by atoms with E-state index in [2.05, 4.69) is 26.2 Å². The minimum atomic E-state index is -0.268. The molecular formula is C17H13BrN2OS. The van der Waals surface area contributed by atoms with Gasteiger partial charge in [-0.2, -0.15) is 0 Å². The van der Waals surface area contributed by atoms with Crippen LogP contribution in [-0.2, 0) is 0 Å². The molecule has 0 aliphatic heterocycles. The van der Waals surface area contributed by atoms with Gasteiger partial charge in [-0.3, -0.25) is 9.78 Å². The maximum Gasteiger partial charge on any atom is 0.262 e.